The van der Waals surface area contributed by atoms with Gasteiger partial charge in [0.15, 0.2) is 11.6 Å². The van der Waals surface area contributed by atoms with E-state index >= 15 is 0 Å². The summed E-state index contributed by atoms with van der Waals surface area (Å²) in [5, 5.41) is 5.18. The molecule has 0 aromatic heterocycles. The van der Waals surface area contributed by atoms with Gasteiger partial charge in [0.1, 0.15) is 6.61 Å². The lowest BCUT2D eigenvalue weighted by Gasteiger charge is -2.09. The molecule has 0 aliphatic carbocycles. The Morgan fingerprint density at radius 1 is 1.08 bits per heavy atom. The maximum absolute atomic E-state index is 13.3. The first-order valence-corrected chi connectivity index (χ1v) is 7.20. The van der Waals surface area contributed by atoms with Crippen LogP contribution in [0, 0.1) is 5.82 Å². The molecule has 126 valence electrons. The average Bonchev–Trinajstić information content (AvgIpc) is 2.60. The van der Waals surface area contributed by atoms with Gasteiger partial charge in [0, 0.05) is 5.69 Å². The maximum atomic E-state index is 13.3. The van der Waals surface area contributed by atoms with Crippen LogP contribution in [0.15, 0.2) is 48.5 Å². The van der Waals surface area contributed by atoms with Gasteiger partial charge in [0.05, 0.1) is 19.2 Å². The van der Waals surface area contributed by atoms with E-state index in [2.05, 4.69) is 15.4 Å². The molecule has 0 radical (unpaired) electrons. The van der Waals surface area contributed by atoms with Gasteiger partial charge in [-0.25, -0.2) is 14.0 Å². The van der Waals surface area contributed by atoms with Crippen LogP contribution in [0.2, 0.25) is 0 Å². The first-order valence-electron chi connectivity index (χ1n) is 7.20. The highest BCUT2D eigenvalue weighted by Gasteiger charge is 2.06. The molecule has 0 unspecified atom stereocenters. The Morgan fingerprint density at radius 3 is 2.46 bits per heavy atom. The fraction of sp³-hybridized carbons (Fsp3) is 0.176. The molecule has 0 heterocycles. The molecule has 0 aliphatic heterocycles. The summed E-state index contributed by atoms with van der Waals surface area (Å²) in [7, 11) is 1.30. The van der Waals surface area contributed by atoms with Gasteiger partial charge >= 0.3 is 12.0 Å². The highest BCUT2D eigenvalue weighted by molar-refractivity contribution is 5.92. The van der Waals surface area contributed by atoms with E-state index in [1.54, 1.807) is 36.4 Å². The SMILES string of the molecule is COC(=O)c1ccc(NC(=O)NCCOc2ccccc2F)cc1. The first-order chi connectivity index (χ1) is 11.6. The van der Waals surface area contributed by atoms with Crippen LogP contribution in [-0.2, 0) is 4.74 Å². The fourth-order valence-electron chi connectivity index (χ4n) is 1.87. The molecule has 7 heteroatoms. The minimum Gasteiger partial charge on any atom is -0.489 e. The number of hydrogen-bond acceptors (Lipinski definition) is 4. The second-order valence-corrected chi connectivity index (χ2v) is 4.73. The van der Waals surface area contributed by atoms with Gasteiger partial charge in [-0.3, -0.25) is 0 Å². The van der Waals surface area contributed by atoms with Gasteiger partial charge in [-0.05, 0) is 36.4 Å². The van der Waals surface area contributed by atoms with Crippen molar-refractivity contribution in [2.24, 2.45) is 0 Å². The van der Waals surface area contributed by atoms with Crippen LogP contribution in [-0.4, -0.2) is 32.3 Å². The van der Waals surface area contributed by atoms with Crippen LogP contribution in [0.5, 0.6) is 5.75 Å². The van der Waals surface area contributed by atoms with E-state index in [1.807, 2.05) is 0 Å². The number of hydrogen-bond donors (Lipinski definition) is 2. The summed E-state index contributed by atoms with van der Waals surface area (Å²) >= 11 is 0. The van der Waals surface area contributed by atoms with E-state index in [-0.39, 0.29) is 18.9 Å². The van der Waals surface area contributed by atoms with E-state index in [1.165, 1.54) is 19.2 Å². The van der Waals surface area contributed by atoms with E-state index in [0.29, 0.717) is 11.3 Å². The van der Waals surface area contributed by atoms with Crippen molar-refractivity contribution in [3.05, 3.63) is 59.9 Å². The van der Waals surface area contributed by atoms with Gasteiger partial charge in [0.2, 0.25) is 0 Å². The van der Waals surface area contributed by atoms with Crippen molar-refractivity contribution in [3.63, 3.8) is 0 Å². The third-order valence-corrected chi connectivity index (χ3v) is 3.05. The predicted octanol–water partition coefficient (Wildman–Crippen LogP) is 2.81. The summed E-state index contributed by atoms with van der Waals surface area (Å²) in [5.74, 6) is -0.762. The number of nitrogens with one attached hydrogen (secondary N) is 2. The molecular weight excluding hydrogens is 315 g/mol. The Balaban J connectivity index is 1.73. The molecule has 2 amide bonds. The average molecular weight is 332 g/mol. The van der Waals surface area contributed by atoms with Crippen LogP contribution < -0.4 is 15.4 Å². The monoisotopic (exact) mass is 332 g/mol. The van der Waals surface area contributed by atoms with E-state index in [4.69, 9.17) is 4.74 Å². The molecule has 0 saturated carbocycles. The zero-order chi connectivity index (χ0) is 17.4. The molecule has 2 N–H and O–H groups in total. The quantitative estimate of drug-likeness (QED) is 0.630. The van der Waals surface area contributed by atoms with Crippen molar-refractivity contribution in [2.45, 2.75) is 0 Å². The zero-order valence-electron chi connectivity index (χ0n) is 13.0. The number of carbonyl (C=O) groups is 2. The molecule has 0 spiro atoms. The normalized spacial score (nSPS) is 9.92. The fourth-order valence-corrected chi connectivity index (χ4v) is 1.87. The van der Waals surface area contributed by atoms with Gasteiger partial charge < -0.3 is 20.1 Å². The highest BCUT2D eigenvalue weighted by Crippen LogP contribution is 2.14. The van der Waals surface area contributed by atoms with Crippen LogP contribution in [0.3, 0.4) is 0 Å². The van der Waals surface area contributed by atoms with Crippen LogP contribution >= 0.6 is 0 Å². The molecule has 2 rings (SSSR count). The van der Waals surface area contributed by atoms with Crippen molar-refractivity contribution >= 4 is 17.7 Å². The molecule has 0 saturated heterocycles. The van der Waals surface area contributed by atoms with Crippen molar-refractivity contribution in [1.82, 2.24) is 5.32 Å². The topological polar surface area (TPSA) is 76.7 Å². The standard InChI is InChI=1S/C17H17FN2O4/c1-23-16(21)12-6-8-13(9-7-12)20-17(22)19-10-11-24-15-5-3-2-4-14(15)18/h2-9H,10-11H2,1H3,(H2,19,20,22). The van der Waals surface area contributed by atoms with Gasteiger partial charge in [0.25, 0.3) is 0 Å². The number of carbonyl (C=O) groups excluding carboxylic acids is 2. The van der Waals surface area contributed by atoms with Gasteiger partial charge in [-0.2, -0.15) is 0 Å². The number of benzene rings is 2. The maximum Gasteiger partial charge on any atom is 0.337 e. The molecule has 24 heavy (non-hydrogen) atoms. The minimum absolute atomic E-state index is 0.135. The number of esters is 1. The summed E-state index contributed by atoms with van der Waals surface area (Å²) in [4.78, 5) is 23.0. The largest absolute Gasteiger partial charge is 0.489 e. The lowest BCUT2D eigenvalue weighted by Crippen LogP contribution is -2.32. The Bertz CT molecular complexity index is 704. The van der Waals surface area contributed by atoms with Gasteiger partial charge in [-0.15, -0.1) is 0 Å². The summed E-state index contributed by atoms with van der Waals surface area (Å²) in [6, 6.07) is 11.9. The van der Waals surface area contributed by atoms with E-state index < -0.39 is 17.8 Å². The Kier molecular flexibility index (Phi) is 6.13. The van der Waals surface area contributed by atoms with E-state index in [9.17, 15) is 14.0 Å². The lowest BCUT2D eigenvalue weighted by atomic mass is 10.2. The summed E-state index contributed by atoms with van der Waals surface area (Å²) < 4.78 is 23.1. The molecule has 2 aromatic rings. The second-order valence-electron chi connectivity index (χ2n) is 4.73. The molecule has 0 aliphatic rings. The van der Waals surface area contributed by atoms with Crippen LogP contribution in [0.4, 0.5) is 14.9 Å². The predicted molar refractivity (Wildman–Crippen MR) is 86.7 cm³/mol. The molecular formula is C17H17FN2O4. The molecule has 2 aromatic carbocycles. The number of halogens is 1. The number of methoxy groups -OCH3 is 1. The Hall–Kier alpha value is -3.09. The van der Waals surface area contributed by atoms with Crippen molar-refractivity contribution < 1.29 is 23.5 Å². The zero-order valence-corrected chi connectivity index (χ0v) is 13.0. The van der Waals surface area contributed by atoms with Crippen LogP contribution in [0.25, 0.3) is 0 Å². The number of urea groups is 1. The van der Waals surface area contributed by atoms with Crippen LogP contribution in [0.1, 0.15) is 10.4 Å². The van der Waals surface area contributed by atoms with Crippen molar-refractivity contribution in [3.8, 4) is 5.75 Å². The van der Waals surface area contributed by atoms with E-state index in [0.717, 1.165) is 0 Å². The van der Waals surface area contributed by atoms with Crippen molar-refractivity contribution in [1.29, 1.82) is 0 Å². The molecule has 0 atom stereocenters. The molecule has 6 nitrogen and oxygen atoms in total. The number of rotatable bonds is 6. The number of ether oxygens (including phenoxy) is 2. The third-order valence-electron chi connectivity index (χ3n) is 3.05. The minimum atomic E-state index is -0.451. The van der Waals surface area contributed by atoms with Gasteiger partial charge in [-0.1, -0.05) is 12.1 Å². The molecule has 0 bridgehead atoms. The third kappa shape index (κ3) is 4.98. The first kappa shape index (κ1) is 17.3. The summed E-state index contributed by atoms with van der Waals surface area (Å²) in [5.41, 5.74) is 0.914. The number of amides is 2. The van der Waals surface area contributed by atoms with Crippen molar-refractivity contribution in [2.75, 3.05) is 25.6 Å². The smallest absolute Gasteiger partial charge is 0.337 e. The summed E-state index contributed by atoms with van der Waals surface area (Å²) in [6.07, 6.45) is 0. The number of para-hydroxylation sites is 1. The Morgan fingerprint density at radius 2 is 1.79 bits per heavy atom. The highest BCUT2D eigenvalue weighted by atomic mass is 19.1. The summed E-state index contributed by atoms with van der Waals surface area (Å²) in [6.45, 7) is 0.343. The molecule has 0 fully saturated rings. The second kappa shape index (κ2) is 8.52. The number of anilines is 1. The Labute approximate surface area is 138 Å². The lowest BCUT2D eigenvalue weighted by molar-refractivity contribution is 0.0600.